The van der Waals surface area contributed by atoms with Crippen molar-refractivity contribution in [3.8, 4) is 0 Å². The van der Waals surface area contributed by atoms with Crippen LogP contribution in [0.15, 0.2) is 16.9 Å². The standard InChI is InChI=1S/C10H13NO3/c1-3-4-7-5-6-8(10(13)14)9(12)11(7)2/h5-6H,3-4H2,1-2H3,(H,13,14). The molecule has 1 rings (SSSR count). The van der Waals surface area contributed by atoms with Gasteiger partial charge in [-0.05, 0) is 18.6 Å². The molecule has 0 aliphatic heterocycles. The van der Waals surface area contributed by atoms with Crippen LogP contribution in [0.1, 0.15) is 29.4 Å². The molecule has 0 bridgehead atoms. The maximum atomic E-state index is 11.5. The second-order valence-corrected chi connectivity index (χ2v) is 3.16. The summed E-state index contributed by atoms with van der Waals surface area (Å²) in [6, 6.07) is 3.06. The minimum Gasteiger partial charge on any atom is -0.477 e. The van der Waals surface area contributed by atoms with E-state index >= 15 is 0 Å². The maximum Gasteiger partial charge on any atom is 0.341 e. The summed E-state index contributed by atoms with van der Waals surface area (Å²) in [4.78, 5) is 22.1. The Morgan fingerprint density at radius 2 is 2.14 bits per heavy atom. The zero-order chi connectivity index (χ0) is 10.7. The van der Waals surface area contributed by atoms with Gasteiger partial charge in [0.25, 0.3) is 5.56 Å². The first kappa shape index (κ1) is 10.5. The topological polar surface area (TPSA) is 59.3 Å². The van der Waals surface area contributed by atoms with Crippen molar-refractivity contribution in [1.82, 2.24) is 4.57 Å². The molecule has 0 fully saturated rings. The number of nitrogens with zero attached hydrogens (tertiary/aromatic N) is 1. The Bertz CT molecular complexity index is 406. The molecule has 76 valence electrons. The number of aromatic nitrogens is 1. The summed E-state index contributed by atoms with van der Waals surface area (Å²) < 4.78 is 1.40. The normalized spacial score (nSPS) is 10.1. The lowest BCUT2D eigenvalue weighted by atomic mass is 10.2. The molecule has 14 heavy (non-hydrogen) atoms. The fourth-order valence-electron chi connectivity index (χ4n) is 1.34. The third-order valence-electron chi connectivity index (χ3n) is 2.14. The van der Waals surface area contributed by atoms with Gasteiger partial charge in [-0.25, -0.2) is 4.79 Å². The predicted molar refractivity (Wildman–Crippen MR) is 52.6 cm³/mol. The van der Waals surface area contributed by atoms with E-state index in [1.165, 1.54) is 10.6 Å². The van der Waals surface area contributed by atoms with Crippen LogP contribution < -0.4 is 5.56 Å². The van der Waals surface area contributed by atoms with Crippen LogP contribution in [-0.4, -0.2) is 15.6 Å². The van der Waals surface area contributed by atoms with E-state index in [1.54, 1.807) is 13.1 Å². The van der Waals surface area contributed by atoms with E-state index in [1.807, 2.05) is 6.92 Å². The fourth-order valence-corrected chi connectivity index (χ4v) is 1.34. The lowest BCUT2D eigenvalue weighted by Crippen LogP contribution is -2.26. The van der Waals surface area contributed by atoms with Crippen molar-refractivity contribution in [3.63, 3.8) is 0 Å². The molecule has 0 spiro atoms. The molecule has 1 aromatic heterocycles. The lowest BCUT2D eigenvalue weighted by Gasteiger charge is -2.07. The van der Waals surface area contributed by atoms with Crippen LogP contribution in [0.25, 0.3) is 0 Å². The van der Waals surface area contributed by atoms with E-state index in [2.05, 4.69) is 0 Å². The van der Waals surface area contributed by atoms with E-state index in [-0.39, 0.29) is 5.56 Å². The Kier molecular flexibility index (Phi) is 3.06. The van der Waals surface area contributed by atoms with E-state index in [0.717, 1.165) is 18.5 Å². The zero-order valence-corrected chi connectivity index (χ0v) is 8.28. The molecular weight excluding hydrogens is 182 g/mol. The van der Waals surface area contributed by atoms with E-state index < -0.39 is 11.5 Å². The number of pyridine rings is 1. The highest BCUT2D eigenvalue weighted by atomic mass is 16.4. The van der Waals surface area contributed by atoms with Crippen LogP contribution in [0.5, 0.6) is 0 Å². The van der Waals surface area contributed by atoms with Gasteiger partial charge in [-0.3, -0.25) is 4.79 Å². The Labute approximate surface area is 81.8 Å². The number of hydrogen-bond donors (Lipinski definition) is 1. The first-order valence-corrected chi connectivity index (χ1v) is 4.50. The molecule has 1 aromatic rings. The van der Waals surface area contributed by atoms with Crippen LogP contribution in [0.2, 0.25) is 0 Å². The monoisotopic (exact) mass is 195 g/mol. The molecule has 0 saturated heterocycles. The van der Waals surface area contributed by atoms with Gasteiger partial charge in [0.15, 0.2) is 0 Å². The van der Waals surface area contributed by atoms with Crippen molar-refractivity contribution < 1.29 is 9.90 Å². The highest BCUT2D eigenvalue weighted by Crippen LogP contribution is 2.01. The van der Waals surface area contributed by atoms with Gasteiger partial charge < -0.3 is 9.67 Å². The van der Waals surface area contributed by atoms with Gasteiger partial charge >= 0.3 is 5.97 Å². The number of hydrogen-bond acceptors (Lipinski definition) is 2. The molecule has 0 aromatic carbocycles. The van der Waals surface area contributed by atoms with Gasteiger partial charge in [0.1, 0.15) is 5.56 Å². The van der Waals surface area contributed by atoms with Crippen molar-refractivity contribution >= 4 is 5.97 Å². The molecule has 0 aliphatic carbocycles. The summed E-state index contributed by atoms with van der Waals surface area (Å²) >= 11 is 0. The summed E-state index contributed by atoms with van der Waals surface area (Å²) in [5.41, 5.74) is 0.248. The highest BCUT2D eigenvalue weighted by molar-refractivity contribution is 5.87. The highest BCUT2D eigenvalue weighted by Gasteiger charge is 2.10. The smallest absolute Gasteiger partial charge is 0.341 e. The van der Waals surface area contributed by atoms with Crippen LogP contribution in [0.4, 0.5) is 0 Å². The van der Waals surface area contributed by atoms with E-state index in [0.29, 0.717) is 0 Å². The van der Waals surface area contributed by atoms with Gasteiger partial charge in [0.2, 0.25) is 0 Å². The van der Waals surface area contributed by atoms with Crippen molar-refractivity contribution in [2.45, 2.75) is 19.8 Å². The number of carboxylic acids is 1. The molecule has 4 nitrogen and oxygen atoms in total. The predicted octanol–water partition coefficient (Wildman–Crippen LogP) is 1.04. The summed E-state index contributed by atoms with van der Waals surface area (Å²) in [5.74, 6) is -1.17. The van der Waals surface area contributed by atoms with Gasteiger partial charge in [-0.2, -0.15) is 0 Å². The second kappa shape index (κ2) is 4.09. The van der Waals surface area contributed by atoms with Crippen molar-refractivity contribution in [3.05, 3.63) is 33.7 Å². The SMILES string of the molecule is CCCc1ccc(C(=O)O)c(=O)n1C. The first-order valence-electron chi connectivity index (χ1n) is 4.50. The van der Waals surface area contributed by atoms with Crippen molar-refractivity contribution in [1.29, 1.82) is 0 Å². The zero-order valence-electron chi connectivity index (χ0n) is 8.28. The van der Waals surface area contributed by atoms with Gasteiger partial charge in [-0.1, -0.05) is 13.3 Å². The van der Waals surface area contributed by atoms with Gasteiger partial charge in [0.05, 0.1) is 0 Å². The van der Waals surface area contributed by atoms with Crippen LogP contribution >= 0.6 is 0 Å². The van der Waals surface area contributed by atoms with Crippen LogP contribution in [-0.2, 0) is 13.5 Å². The largest absolute Gasteiger partial charge is 0.477 e. The summed E-state index contributed by atoms with van der Waals surface area (Å²) in [7, 11) is 1.60. The Morgan fingerprint density at radius 1 is 1.50 bits per heavy atom. The molecule has 0 atom stereocenters. The quantitative estimate of drug-likeness (QED) is 0.783. The minimum absolute atomic E-state index is 0.174. The number of rotatable bonds is 3. The Morgan fingerprint density at radius 3 is 2.64 bits per heavy atom. The maximum absolute atomic E-state index is 11.5. The number of carboxylic acid groups (broad SMARTS) is 1. The average molecular weight is 195 g/mol. The van der Waals surface area contributed by atoms with Gasteiger partial charge in [-0.15, -0.1) is 0 Å². The number of aryl methyl sites for hydroxylation is 1. The number of carbonyl (C=O) groups is 1. The molecule has 0 aliphatic rings. The van der Waals surface area contributed by atoms with Crippen molar-refractivity contribution in [2.75, 3.05) is 0 Å². The summed E-state index contributed by atoms with van der Waals surface area (Å²) in [6.07, 6.45) is 1.71. The molecule has 1 N–H and O–H groups in total. The van der Waals surface area contributed by atoms with E-state index in [9.17, 15) is 9.59 Å². The molecule has 0 unspecified atom stereocenters. The lowest BCUT2D eigenvalue weighted by molar-refractivity contribution is 0.0694. The molecule has 0 radical (unpaired) electrons. The molecule has 0 saturated carbocycles. The van der Waals surface area contributed by atoms with Crippen LogP contribution in [0.3, 0.4) is 0 Å². The average Bonchev–Trinajstić information content (AvgIpc) is 2.13. The summed E-state index contributed by atoms with van der Waals surface area (Å²) in [6.45, 7) is 2.01. The first-order chi connectivity index (χ1) is 6.57. The third-order valence-corrected chi connectivity index (χ3v) is 2.14. The Balaban J connectivity index is 3.26. The van der Waals surface area contributed by atoms with Crippen LogP contribution in [0, 0.1) is 0 Å². The third kappa shape index (κ3) is 1.84. The summed E-state index contributed by atoms with van der Waals surface area (Å²) in [5, 5.41) is 8.70. The molecule has 4 heteroatoms. The van der Waals surface area contributed by atoms with E-state index in [4.69, 9.17) is 5.11 Å². The molecule has 0 amide bonds. The van der Waals surface area contributed by atoms with Crippen molar-refractivity contribution in [2.24, 2.45) is 7.05 Å². The molecular formula is C10H13NO3. The van der Waals surface area contributed by atoms with Gasteiger partial charge in [0, 0.05) is 12.7 Å². The second-order valence-electron chi connectivity index (χ2n) is 3.16. The minimum atomic E-state index is -1.17. The Hall–Kier alpha value is -1.58. The molecule has 1 heterocycles. The fraction of sp³-hybridized carbons (Fsp3) is 0.400. The number of aromatic carboxylic acids is 1.